The highest BCUT2D eigenvalue weighted by Gasteiger charge is 2.28. The van der Waals surface area contributed by atoms with Crippen molar-refractivity contribution in [3.05, 3.63) is 100 Å². The molecule has 0 aliphatic carbocycles. The number of nitrogens with zero attached hydrogens (tertiary/aromatic N) is 3. The molecule has 1 aliphatic heterocycles. The number of nitrogens with one attached hydrogen (secondary N) is 1. The van der Waals surface area contributed by atoms with Gasteiger partial charge in [-0.3, -0.25) is 14.3 Å². The average molecular weight is 519 g/mol. The van der Waals surface area contributed by atoms with Gasteiger partial charge in [0.05, 0.1) is 15.9 Å². The summed E-state index contributed by atoms with van der Waals surface area (Å²) in [4.78, 5) is 28.8. The Labute approximate surface area is 216 Å². The molecule has 5 rings (SSSR count). The number of benzene rings is 3. The van der Waals surface area contributed by atoms with Gasteiger partial charge in [0.15, 0.2) is 0 Å². The van der Waals surface area contributed by atoms with E-state index >= 15 is 0 Å². The Morgan fingerprint density at radius 2 is 1.51 bits per heavy atom. The fraction of sp³-hybridized carbons (Fsp3) is 0.286. The lowest BCUT2D eigenvalue weighted by Gasteiger charge is -2.32. The van der Waals surface area contributed by atoms with E-state index in [0.717, 1.165) is 36.4 Å². The number of fused-ring (bicyclic) bond motifs is 1. The minimum atomic E-state index is -4.15. The highest BCUT2D eigenvalue weighted by Crippen LogP contribution is 2.22. The number of aromatic nitrogens is 2. The maximum absolute atomic E-state index is 13.5. The van der Waals surface area contributed by atoms with Gasteiger partial charge >= 0.3 is 5.69 Å². The monoisotopic (exact) mass is 518 g/mol. The van der Waals surface area contributed by atoms with Gasteiger partial charge in [0.2, 0.25) is 5.91 Å². The van der Waals surface area contributed by atoms with Gasteiger partial charge in [-0.15, -0.1) is 0 Å². The molecule has 1 amide bonds. The van der Waals surface area contributed by atoms with Crippen LogP contribution in [-0.2, 0) is 27.9 Å². The first kappa shape index (κ1) is 25.0. The first-order chi connectivity index (χ1) is 17.8. The van der Waals surface area contributed by atoms with Crippen LogP contribution >= 0.6 is 0 Å². The minimum Gasteiger partial charge on any atom is -0.352 e. The number of carbonyl (C=O) groups is 1. The molecule has 37 heavy (non-hydrogen) atoms. The summed E-state index contributed by atoms with van der Waals surface area (Å²) in [5, 5.41) is 3.05. The fourth-order valence-corrected chi connectivity index (χ4v) is 6.64. The molecule has 2 heterocycles. The third-order valence-electron chi connectivity index (χ3n) is 6.91. The second kappa shape index (κ2) is 10.4. The summed E-state index contributed by atoms with van der Waals surface area (Å²) in [6.07, 6.45) is 1.63. The highest BCUT2D eigenvalue weighted by molar-refractivity contribution is 7.90. The Hall–Kier alpha value is -3.69. The lowest BCUT2D eigenvalue weighted by Crippen LogP contribution is -2.46. The molecule has 1 saturated heterocycles. The van der Waals surface area contributed by atoms with Crippen LogP contribution in [0.4, 0.5) is 0 Å². The maximum Gasteiger partial charge on any atom is 0.343 e. The van der Waals surface area contributed by atoms with Gasteiger partial charge < -0.3 is 5.32 Å². The predicted molar refractivity (Wildman–Crippen MR) is 143 cm³/mol. The molecule has 1 fully saturated rings. The Morgan fingerprint density at radius 1 is 0.892 bits per heavy atom. The summed E-state index contributed by atoms with van der Waals surface area (Å²) in [5.41, 5.74) is 1.71. The highest BCUT2D eigenvalue weighted by atomic mass is 32.2. The van der Waals surface area contributed by atoms with Crippen LogP contribution in [0.3, 0.4) is 0 Å². The Kier molecular flexibility index (Phi) is 6.99. The van der Waals surface area contributed by atoms with Crippen molar-refractivity contribution in [2.24, 2.45) is 0 Å². The van der Waals surface area contributed by atoms with E-state index in [9.17, 15) is 18.0 Å². The normalized spacial score (nSPS) is 15.2. The first-order valence-corrected chi connectivity index (χ1v) is 13.9. The summed E-state index contributed by atoms with van der Waals surface area (Å²) in [6.45, 7) is 4.06. The van der Waals surface area contributed by atoms with Crippen LogP contribution in [-0.4, -0.2) is 46.9 Å². The number of carbonyl (C=O) groups excluding carboxylic acids is 1. The van der Waals surface area contributed by atoms with Crippen LogP contribution in [0, 0.1) is 6.92 Å². The standard InChI is InChI=1S/C28H30N4O4S/c1-21-9-5-8-14-26(21)37(35,36)32-25-13-7-6-12-24(25)31(28(32)34)20-27(33)29-23-15-17-30(18-16-23)19-22-10-3-2-4-11-22/h2-14,23H,15-20H2,1H3,(H,29,33). The molecule has 3 aromatic carbocycles. The van der Waals surface area contributed by atoms with Crippen molar-refractivity contribution in [1.29, 1.82) is 0 Å². The van der Waals surface area contributed by atoms with Gasteiger partial charge in [-0.1, -0.05) is 60.7 Å². The van der Waals surface area contributed by atoms with E-state index in [0.29, 0.717) is 11.1 Å². The van der Waals surface area contributed by atoms with E-state index in [2.05, 4.69) is 22.3 Å². The summed E-state index contributed by atoms with van der Waals surface area (Å²) in [5.74, 6) is -0.306. The molecular weight excluding hydrogens is 488 g/mol. The second-order valence-electron chi connectivity index (χ2n) is 9.50. The molecule has 1 aromatic heterocycles. The van der Waals surface area contributed by atoms with E-state index < -0.39 is 15.7 Å². The lowest BCUT2D eigenvalue weighted by molar-refractivity contribution is -0.122. The summed E-state index contributed by atoms with van der Waals surface area (Å²) in [6, 6.07) is 23.5. The van der Waals surface area contributed by atoms with Gasteiger partial charge in [-0.2, -0.15) is 3.97 Å². The number of hydrogen-bond donors (Lipinski definition) is 1. The molecular formula is C28H30N4O4S. The van der Waals surface area contributed by atoms with E-state index in [1.807, 2.05) is 18.2 Å². The number of likely N-dealkylation sites (tertiary alicyclic amines) is 1. The third kappa shape index (κ3) is 5.10. The zero-order valence-corrected chi connectivity index (χ0v) is 21.5. The van der Waals surface area contributed by atoms with Crippen LogP contribution in [0.15, 0.2) is 88.6 Å². The maximum atomic E-state index is 13.5. The molecule has 0 saturated carbocycles. The van der Waals surface area contributed by atoms with Gasteiger partial charge in [0.1, 0.15) is 6.54 Å². The van der Waals surface area contributed by atoms with Crippen LogP contribution in [0.5, 0.6) is 0 Å². The smallest absolute Gasteiger partial charge is 0.343 e. The second-order valence-corrected chi connectivity index (χ2v) is 11.3. The van der Waals surface area contributed by atoms with Crippen molar-refractivity contribution in [3.8, 4) is 0 Å². The predicted octanol–water partition coefficient (Wildman–Crippen LogP) is 3.13. The Morgan fingerprint density at radius 3 is 2.22 bits per heavy atom. The summed E-state index contributed by atoms with van der Waals surface area (Å²) < 4.78 is 29.1. The quantitative estimate of drug-likeness (QED) is 0.406. The zero-order chi connectivity index (χ0) is 26.0. The molecule has 0 spiro atoms. The SMILES string of the molecule is Cc1ccccc1S(=O)(=O)n1c(=O)n(CC(=O)NC2CCN(Cc3ccccc3)CC2)c2ccccc21. The van der Waals surface area contributed by atoms with E-state index in [1.165, 1.54) is 16.2 Å². The molecule has 1 N–H and O–H groups in total. The van der Waals surface area contributed by atoms with Crippen molar-refractivity contribution in [2.75, 3.05) is 13.1 Å². The third-order valence-corrected chi connectivity index (χ3v) is 8.76. The van der Waals surface area contributed by atoms with Crippen LogP contribution in [0.2, 0.25) is 0 Å². The number of imidazole rings is 1. The number of aryl methyl sites for hydroxylation is 1. The minimum absolute atomic E-state index is 0.0132. The molecule has 9 heteroatoms. The van der Waals surface area contributed by atoms with Crippen LogP contribution < -0.4 is 11.0 Å². The number of amides is 1. The van der Waals surface area contributed by atoms with E-state index in [-0.39, 0.29) is 28.9 Å². The molecule has 0 unspecified atom stereocenters. The molecule has 0 bridgehead atoms. The van der Waals surface area contributed by atoms with E-state index in [4.69, 9.17) is 0 Å². The van der Waals surface area contributed by atoms with Gasteiger partial charge in [0, 0.05) is 25.7 Å². The molecule has 8 nitrogen and oxygen atoms in total. The molecule has 192 valence electrons. The summed E-state index contributed by atoms with van der Waals surface area (Å²) in [7, 11) is -4.15. The fourth-order valence-electron chi connectivity index (χ4n) is 5.00. The Balaban J connectivity index is 1.32. The average Bonchev–Trinajstić information content (AvgIpc) is 3.17. The molecule has 4 aromatic rings. The zero-order valence-electron chi connectivity index (χ0n) is 20.7. The lowest BCUT2D eigenvalue weighted by atomic mass is 10.0. The van der Waals surface area contributed by atoms with Crippen molar-refractivity contribution < 1.29 is 13.2 Å². The van der Waals surface area contributed by atoms with E-state index in [1.54, 1.807) is 49.4 Å². The van der Waals surface area contributed by atoms with Gasteiger partial charge in [-0.05, 0) is 49.1 Å². The van der Waals surface area contributed by atoms with Crippen molar-refractivity contribution in [1.82, 2.24) is 18.8 Å². The number of rotatable bonds is 7. The number of para-hydroxylation sites is 2. The van der Waals surface area contributed by atoms with Crippen LogP contribution in [0.1, 0.15) is 24.0 Å². The van der Waals surface area contributed by atoms with Crippen molar-refractivity contribution in [2.45, 2.75) is 43.8 Å². The molecule has 1 aliphatic rings. The summed E-state index contributed by atoms with van der Waals surface area (Å²) >= 11 is 0. The van der Waals surface area contributed by atoms with Gasteiger partial charge in [-0.25, -0.2) is 13.2 Å². The first-order valence-electron chi connectivity index (χ1n) is 12.4. The molecule has 0 radical (unpaired) electrons. The largest absolute Gasteiger partial charge is 0.352 e. The van der Waals surface area contributed by atoms with Gasteiger partial charge in [0.25, 0.3) is 10.0 Å². The number of hydrogen-bond acceptors (Lipinski definition) is 5. The van der Waals surface area contributed by atoms with Crippen molar-refractivity contribution >= 4 is 27.0 Å². The van der Waals surface area contributed by atoms with Crippen LogP contribution in [0.25, 0.3) is 11.0 Å². The Bertz CT molecular complexity index is 1580. The van der Waals surface area contributed by atoms with Crippen molar-refractivity contribution in [3.63, 3.8) is 0 Å². The number of piperidine rings is 1. The topological polar surface area (TPSA) is 93.4 Å². The molecule has 0 atom stereocenters.